The number of benzene rings is 2. The number of morpholine rings is 1. The van der Waals surface area contributed by atoms with E-state index < -0.39 is 0 Å². The average Bonchev–Trinajstić information content (AvgIpc) is 2.89. The number of hydrogen-bond donors (Lipinski definition) is 4. The summed E-state index contributed by atoms with van der Waals surface area (Å²) in [5, 5.41) is 9.74. The number of carbonyl (C=O) groups is 1. The molecule has 1 aromatic heterocycles. The molecule has 9 heteroatoms. The highest BCUT2D eigenvalue weighted by Crippen LogP contribution is 2.24. The van der Waals surface area contributed by atoms with Gasteiger partial charge >= 0.3 is 0 Å². The molecule has 0 aliphatic carbocycles. The number of rotatable bonds is 9. The molecule has 1 unspecified atom stereocenters. The van der Waals surface area contributed by atoms with Crippen molar-refractivity contribution in [2.24, 2.45) is 0 Å². The quantitative estimate of drug-likeness (QED) is 0.337. The van der Waals surface area contributed by atoms with Crippen LogP contribution in [0, 0.1) is 0 Å². The van der Waals surface area contributed by atoms with Gasteiger partial charge in [0.15, 0.2) is 0 Å². The van der Waals surface area contributed by atoms with E-state index in [2.05, 4.69) is 26.4 Å². The Bertz CT molecular complexity index is 1140. The summed E-state index contributed by atoms with van der Waals surface area (Å²) >= 11 is 0. The molecule has 0 saturated carbocycles. The topological polar surface area (TPSA) is 109 Å². The number of carbonyl (C=O) groups excluding carboxylic acids is 1. The summed E-state index contributed by atoms with van der Waals surface area (Å²) < 4.78 is 5.46. The van der Waals surface area contributed by atoms with Crippen LogP contribution in [0.4, 0.5) is 11.4 Å². The van der Waals surface area contributed by atoms with Crippen LogP contribution in [-0.4, -0.2) is 53.9 Å². The van der Waals surface area contributed by atoms with E-state index in [0.29, 0.717) is 30.0 Å². The third-order valence-electron chi connectivity index (χ3n) is 5.45. The number of nitrogens with one attached hydrogen (secondary N) is 4. The Morgan fingerprint density at radius 3 is 2.61 bits per heavy atom. The highest BCUT2D eigenvalue weighted by molar-refractivity contribution is 6.06. The van der Waals surface area contributed by atoms with Crippen molar-refractivity contribution < 1.29 is 14.4 Å². The largest absolute Gasteiger partial charge is 0.377 e. The fourth-order valence-electron chi connectivity index (χ4n) is 3.61. The van der Waals surface area contributed by atoms with E-state index in [-0.39, 0.29) is 17.7 Å². The molecule has 3 aromatic rings. The van der Waals surface area contributed by atoms with Gasteiger partial charge in [-0.1, -0.05) is 24.3 Å². The molecule has 1 fully saturated rings. The summed E-state index contributed by atoms with van der Waals surface area (Å²) in [7, 11) is 0. The van der Waals surface area contributed by atoms with Crippen molar-refractivity contribution >= 4 is 17.3 Å². The molecule has 1 aliphatic rings. The molecule has 1 amide bonds. The number of aromatic nitrogens is 2. The van der Waals surface area contributed by atoms with Gasteiger partial charge in [0, 0.05) is 36.8 Å². The molecule has 190 valence electrons. The van der Waals surface area contributed by atoms with Gasteiger partial charge in [0.05, 0.1) is 42.0 Å². The summed E-state index contributed by atoms with van der Waals surface area (Å²) in [6, 6.07) is 16.7. The molecule has 36 heavy (non-hydrogen) atoms. The van der Waals surface area contributed by atoms with Crippen LogP contribution in [0.2, 0.25) is 0 Å². The lowest BCUT2D eigenvalue weighted by molar-refractivity contribution is 0.0376. The van der Waals surface area contributed by atoms with Gasteiger partial charge < -0.3 is 10.1 Å². The molecule has 1 aliphatic heterocycles. The van der Waals surface area contributed by atoms with Gasteiger partial charge in [-0.15, -0.1) is 0 Å². The normalized spacial score (nSPS) is 15.9. The molecule has 0 radical (unpaired) electrons. The molecule has 0 spiro atoms. The maximum Gasteiger partial charge on any atom is 0.255 e. The minimum absolute atomic E-state index is 0.161. The monoisotopic (exact) mass is 490 g/mol. The van der Waals surface area contributed by atoms with E-state index in [9.17, 15) is 4.79 Å². The van der Waals surface area contributed by atoms with Crippen LogP contribution >= 0.6 is 0 Å². The molecule has 0 bridgehead atoms. The van der Waals surface area contributed by atoms with Crippen LogP contribution in [0.25, 0.3) is 11.3 Å². The first-order valence-electron chi connectivity index (χ1n) is 12.2. The van der Waals surface area contributed by atoms with E-state index >= 15 is 0 Å². The zero-order valence-electron chi connectivity index (χ0n) is 21.0. The highest BCUT2D eigenvalue weighted by Gasteiger charge is 2.14. The fraction of sp³-hybridized carbons (Fsp3) is 0.370. The van der Waals surface area contributed by atoms with Gasteiger partial charge in [0.1, 0.15) is 5.82 Å². The van der Waals surface area contributed by atoms with Crippen molar-refractivity contribution in [1.82, 2.24) is 20.6 Å². The van der Waals surface area contributed by atoms with Crippen LogP contribution in [-0.2, 0) is 16.0 Å². The van der Waals surface area contributed by atoms with Crippen LogP contribution in [0.15, 0.2) is 60.8 Å². The van der Waals surface area contributed by atoms with Gasteiger partial charge in [-0.05, 0) is 51.1 Å². The highest BCUT2D eigenvalue weighted by atomic mass is 16.7. The molecule has 2 heterocycles. The number of ether oxygens (including phenoxy) is 1. The molecule has 9 nitrogen and oxygen atoms in total. The van der Waals surface area contributed by atoms with E-state index in [0.717, 1.165) is 36.8 Å². The lowest BCUT2D eigenvalue weighted by atomic mass is 10.1. The minimum atomic E-state index is -0.369. The lowest BCUT2D eigenvalue weighted by Gasteiger charge is -2.24. The Labute approximate surface area is 212 Å². The van der Waals surface area contributed by atoms with Crippen molar-refractivity contribution in [2.45, 2.75) is 39.0 Å². The summed E-state index contributed by atoms with van der Waals surface area (Å²) in [5.41, 5.74) is 6.18. The lowest BCUT2D eigenvalue weighted by Crippen LogP contribution is -2.51. The predicted molar refractivity (Wildman–Crippen MR) is 141 cm³/mol. The predicted octanol–water partition coefficient (Wildman–Crippen LogP) is 3.62. The van der Waals surface area contributed by atoms with Crippen molar-refractivity contribution in [2.75, 3.05) is 37.1 Å². The van der Waals surface area contributed by atoms with Gasteiger partial charge in [0.2, 0.25) is 0 Å². The first kappa shape index (κ1) is 25.7. The average molecular weight is 491 g/mol. The SMILES string of the molecule is CC(C)(C)ONc1ccccc1NC(=O)c1ccc(-c2ccnc(CCNC3COCCN3)n2)cc1. The number of amides is 1. The Hall–Kier alpha value is -3.37. The first-order valence-corrected chi connectivity index (χ1v) is 12.2. The van der Waals surface area contributed by atoms with Crippen molar-refractivity contribution in [1.29, 1.82) is 0 Å². The first-order chi connectivity index (χ1) is 17.4. The summed E-state index contributed by atoms with van der Waals surface area (Å²) in [5.74, 6) is 0.557. The number of anilines is 2. The maximum atomic E-state index is 12.9. The van der Waals surface area contributed by atoms with Crippen LogP contribution < -0.4 is 21.4 Å². The van der Waals surface area contributed by atoms with Gasteiger partial charge in [-0.25, -0.2) is 9.97 Å². The van der Waals surface area contributed by atoms with Gasteiger partial charge in [0.25, 0.3) is 5.91 Å². The summed E-state index contributed by atoms with van der Waals surface area (Å²) in [6.07, 6.45) is 2.64. The number of nitrogens with zero attached hydrogens (tertiary/aromatic N) is 2. The number of para-hydroxylation sites is 2. The molecule has 4 rings (SSSR count). The van der Waals surface area contributed by atoms with Crippen LogP contribution in [0.1, 0.15) is 37.0 Å². The van der Waals surface area contributed by atoms with E-state index in [4.69, 9.17) is 14.6 Å². The minimum Gasteiger partial charge on any atom is -0.377 e. The Morgan fingerprint density at radius 2 is 1.89 bits per heavy atom. The van der Waals surface area contributed by atoms with Gasteiger partial charge in [-0.2, -0.15) is 0 Å². The molecular formula is C27H34N6O3. The van der Waals surface area contributed by atoms with Crippen molar-refractivity contribution in [3.63, 3.8) is 0 Å². The smallest absolute Gasteiger partial charge is 0.255 e. The molecule has 2 aromatic carbocycles. The summed E-state index contributed by atoms with van der Waals surface area (Å²) in [4.78, 5) is 27.6. The third kappa shape index (κ3) is 7.56. The maximum absolute atomic E-state index is 12.9. The van der Waals surface area contributed by atoms with E-state index in [1.165, 1.54) is 0 Å². The third-order valence-corrected chi connectivity index (χ3v) is 5.45. The fourth-order valence-corrected chi connectivity index (χ4v) is 3.61. The zero-order chi connectivity index (χ0) is 25.4. The zero-order valence-corrected chi connectivity index (χ0v) is 21.0. The second kappa shape index (κ2) is 12.0. The summed E-state index contributed by atoms with van der Waals surface area (Å²) in [6.45, 7) is 8.86. The van der Waals surface area contributed by atoms with Crippen molar-refractivity contribution in [3.05, 3.63) is 72.2 Å². The molecule has 1 saturated heterocycles. The Balaban J connectivity index is 1.36. The van der Waals surface area contributed by atoms with E-state index in [1.54, 1.807) is 18.3 Å². The molecule has 1 atom stereocenters. The standard InChI is InChI=1S/C27H34N6O3/c1-27(2,3)36-33-23-7-5-4-6-22(23)32-26(34)20-10-8-19(9-11-20)21-12-14-28-24(31-21)13-15-29-25-18-35-17-16-30-25/h4-12,14,25,29-30,33H,13,15-18H2,1-3H3,(H,32,34). The Kier molecular flexibility index (Phi) is 8.61. The van der Waals surface area contributed by atoms with Crippen LogP contribution in [0.5, 0.6) is 0 Å². The Morgan fingerprint density at radius 1 is 1.11 bits per heavy atom. The molecule has 4 N–H and O–H groups in total. The number of hydrogen-bond acceptors (Lipinski definition) is 8. The molecular weight excluding hydrogens is 456 g/mol. The van der Waals surface area contributed by atoms with Crippen molar-refractivity contribution in [3.8, 4) is 11.3 Å². The van der Waals surface area contributed by atoms with E-state index in [1.807, 2.05) is 63.2 Å². The second-order valence-electron chi connectivity index (χ2n) is 9.54. The second-order valence-corrected chi connectivity index (χ2v) is 9.54. The van der Waals surface area contributed by atoms with Crippen LogP contribution in [0.3, 0.4) is 0 Å². The van der Waals surface area contributed by atoms with Gasteiger partial charge in [-0.3, -0.25) is 25.7 Å².